The molecule has 1 aromatic heterocycles. The largest absolute Gasteiger partial charge is 0.462 e. The minimum absolute atomic E-state index is 0.144. The van der Waals surface area contributed by atoms with Crippen molar-refractivity contribution in [3.8, 4) is 0 Å². The lowest BCUT2D eigenvalue weighted by Crippen LogP contribution is -2.13. The quantitative estimate of drug-likeness (QED) is 0.573. The Morgan fingerprint density at radius 1 is 1.10 bits per heavy atom. The molecule has 0 saturated heterocycles. The SMILES string of the molecule is CCOC(=O)c1cccc(NC(=O)CCc2ccc3nc(NC(C)=O)sc3c2)c1. The summed E-state index contributed by atoms with van der Waals surface area (Å²) in [7, 11) is 0. The fraction of sp³-hybridized carbons (Fsp3) is 0.238. The number of aromatic nitrogens is 1. The van der Waals surface area contributed by atoms with Gasteiger partial charge in [0.15, 0.2) is 5.13 Å². The number of nitrogens with zero attached hydrogens (tertiary/aromatic N) is 1. The molecule has 8 heteroatoms. The normalized spacial score (nSPS) is 10.6. The van der Waals surface area contributed by atoms with Crippen LogP contribution in [0.15, 0.2) is 42.5 Å². The lowest BCUT2D eigenvalue weighted by atomic mass is 10.1. The molecule has 2 N–H and O–H groups in total. The van der Waals surface area contributed by atoms with Gasteiger partial charge in [-0.2, -0.15) is 0 Å². The van der Waals surface area contributed by atoms with Crippen molar-refractivity contribution in [2.75, 3.05) is 17.2 Å². The Morgan fingerprint density at radius 2 is 1.93 bits per heavy atom. The molecule has 7 nitrogen and oxygen atoms in total. The van der Waals surface area contributed by atoms with Gasteiger partial charge in [0.1, 0.15) is 0 Å². The van der Waals surface area contributed by atoms with Crippen molar-refractivity contribution in [1.82, 2.24) is 4.98 Å². The van der Waals surface area contributed by atoms with Gasteiger partial charge >= 0.3 is 5.97 Å². The fourth-order valence-corrected chi connectivity index (χ4v) is 3.72. The van der Waals surface area contributed by atoms with Crippen LogP contribution in [0.3, 0.4) is 0 Å². The number of fused-ring (bicyclic) bond motifs is 1. The Balaban J connectivity index is 1.60. The van der Waals surface area contributed by atoms with E-state index in [9.17, 15) is 14.4 Å². The summed E-state index contributed by atoms with van der Waals surface area (Å²) in [6, 6.07) is 12.5. The lowest BCUT2D eigenvalue weighted by molar-refractivity contribution is -0.116. The van der Waals surface area contributed by atoms with E-state index in [2.05, 4.69) is 15.6 Å². The highest BCUT2D eigenvalue weighted by Crippen LogP contribution is 2.27. The summed E-state index contributed by atoms with van der Waals surface area (Å²) >= 11 is 1.40. The number of thiazole rings is 1. The van der Waals surface area contributed by atoms with Gasteiger partial charge < -0.3 is 15.4 Å². The second-order valence-electron chi connectivity index (χ2n) is 6.35. The highest BCUT2D eigenvalue weighted by molar-refractivity contribution is 7.22. The lowest BCUT2D eigenvalue weighted by Gasteiger charge is -2.07. The fourth-order valence-electron chi connectivity index (χ4n) is 2.75. The average Bonchev–Trinajstić information content (AvgIpc) is 3.07. The van der Waals surface area contributed by atoms with Gasteiger partial charge in [0.25, 0.3) is 0 Å². The number of nitrogens with one attached hydrogen (secondary N) is 2. The average molecular weight is 411 g/mol. The number of amides is 2. The molecule has 3 rings (SSSR count). The van der Waals surface area contributed by atoms with E-state index in [1.165, 1.54) is 18.3 Å². The molecule has 1 heterocycles. The molecule has 0 saturated carbocycles. The van der Waals surface area contributed by atoms with Gasteiger partial charge in [-0.25, -0.2) is 9.78 Å². The number of carbonyl (C=O) groups is 3. The van der Waals surface area contributed by atoms with Gasteiger partial charge in [-0.05, 0) is 49.2 Å². The minimum atomic E-state index is -0.417. The van der Waals surface area contributed by atoms with Crippen molar-refractivity contribution in [3.05, 3.63) is 53.6 Å². The van der Waals surface area contributed by atoms with Crippen molar-refractivity contribution in [2.24, 2.45) is 0 Å². The molecule has 0 aliphatic rings. The van der Waals surface area contributed by atoms with Crippen LogP contribution in [-0.4, -0.2) is 29.4 Å². The number of hydrogen-bond acceptors (Lipinski definition) is 6. The number of esters is 1. The van der Waals surface area contributed by atoms with E-state index in [0.29, 0.717) is 35.8 Å². The molecule has 29 heavy (non-hydrogen) atoms. The first kappa shape index (κ1) is 20.5. The molecule has 0 radical (unpaired) electrons. The van der Waals surface area contributed by atoms with Crippen LogP contribution in [0.25, 0.3) is 10.2 Å². The number of hydrogen-bond donors (Lipinski definition) is 2. The number of rotatable bonds is 7. The zero-order valence-corrected chi connectivity index (χ0v) is 17.0. The third kappa shape index (κ3) is 5.61. The maximum Gasteiger partial charge on any atom is 0.338 e. The van der Waals surface area contributed by atoms with Crippen LogP contribution in [0.4, 0.5) is 10.8 Å². The number of aryl methyl sites for hydroxylation is 1. The summed E-state index contributed by atoms with van der Waals surface area (Å²) < 4.78 is 5.92. The second kappa shape index (κ2) is 9.29. The van der Waals surface area contributed by atoms with E-state index in [-0.39, 0.29) is 11.8 Å². The Bertz CT molecular complexity index is 1060. The number of ether oxygens (including phenoxy) is 1. The van der Waals surface area contributed by atoms with Crippen LogP contribution in [0.1, 0.15) is 36.2 Å². The van der Waals surface area contributed by atoms with Crippen molar-refractivity contribution in [2.45, 2.75) is 26.7 Å². The third-order valence-corrected chi connectivity index (χ3v) is 4.97. The highest BCUT2D eigenvalue weighted by Gasteiger charge is 2.10. The molecular formula is C21H21N3O4S. The van der Waals surface area contributed by atoms with E-state index in [0.717, 1.165) is 15.8 Å². The van der Waals surface area contributed by atoms with Gasteiger partial charge in [0.05, 0.1) is 22.4 Å². The van der Waals surface area contributed by atoms with Crippen LogP contribution < -0.4 is 10.6 Å². The highest BCUT2D eigenvalue weighted by atomic mass is 32.1. The number of anilines is 2. The zero-order valence-electron chi connectivity index (χ0n) is 16.2. The Labute approximate surface area is 172 Å². The van der Waals surface area contributed by atoms with Crippen molar-refractivity contribution >= 4 is 50.2 Å². The molecule has 0 fully saturated rings. The summed E-state index contributed by atoms with van der Waals surface area (Å²) in [4.78, 5) is 39.6. The Hall–Kier alpha value is -3.26. The molecular weight excluding hydrogens is 390 g/mol. The Kier molecular flexibility index (Phi) is 6.56. The van der Waals surface area contributed by atoms with Crippen molar-refractivity contribution < 1.29 is 19.1 Å². The van der Waals surface area contributed by atoms with Gasteiger partial charge in [0, 0.05) is 19.0 Å². The molecule has 0 bridgehead atoms. The summed E-state index contributed by atoms with van der Waals surface area (Å²) in [5, 5.41) is 6.05. The summed E-state index contributed by atoms with van der Waals surface area (Å²) in [5.41, 5.74) is 2.77. The first-order valence-corrected chi connectivity index (χ1v) is 10.0. The molecule has 150 valence electrons. The maximum absolute atomic E-state index is 12.3. The van der Waals surface area contributed by atoms with Gasteiger partial charge in [0.2, 0.25) is 11.8 Å². The monoisotopic (exact) mass is 411 g/mol. The summed E-state index contributed by atoms with van der Waals surface area (Å²) in [6.07, 6.45) is 0.860. The zero-order chi connectivity index (χ0) is 20.8. The van der Waals surface area contributed by atoms with Crippen LogP contribution in [-0.2, 0) is 20.7 Å². The molecule has 0 unspecified atom stereocenters. The van der Waals surface area contributed by atoms with Crippen molar-refractivity contribution in [1.29, 1.82) is 0 Å². The molecule has 2 amide bonds. The van der Waals surface area contributed by atoms with Gasteiger partial charge in [-0.3, -0.25) is 9.59 Å². The predicted molar refractivity (Wildman–Crippen MR) is 113 cm³/mol. The molecule has 0 aliphatic heterocycles. The van der Waals surface area contributed by atoms with Gasteiger partial charge in [-0.15, -0.1) is 0 Å². The van der Waals surface area contributed by atoms with Crippen LogP contribution in [0.5, 0.6) is 0 Å². The number of carbonyl (C=O) groups excluding carboxylic acids is 3. The van der Waals surface area contributed by atoms with Gasteiger partial charge in [-0.1, -0.05) is 23.5 Å². The van der Waals surface area contributed by atoms with Crippen molar-refractivity contribution in [3.63, 3.8) is 0 Å². The predicted octanol–water partition coefficient (Wildman–Crippen LogP) is 4.00. The summed E-state index contributed by atoms with van der Waals surface area (Å²) in [5.74, 6) is -0.720. The van der Waals surface area contributed by atoms with E-state index >= 15 is 0 Å². The van der Waals surface area contributed by atoms with Crippen LogP contribution >= 0.6 is 11.3 Å². The third-order valence-electron chi connectivity index (χ3n) is 4.03. The standard InChI is InChI=1S/C21H21N3O4S/c1-3-28-20(27)15-5-4-6-16(12-15)23-19(26)10-8-14-7-9-17-18(11-14)29-21(24-17)22-13(2)25/h4-7,9,11-12H,3,8,10H2,1-2H3,(H,23,26)(H,22,24,25). The van der Waals surface area contributed by atoms with E-state index in [4.69, 9.17) is 4.74 Å². The van der Waals surface area contributed by atoms with E-state index < -0.39 is 5.97 Å². The minimum Gasteiger partial charge on any atom is -0.462 e. The smallest absolute Gasteiger partial charge is 0.338 e. The van der Waals surface area contributed by atoms with Crippen LogP contribution in [0, 0.1) is 0 Å². The van der Waals surface area contributed by atoms with E-state index in [1.54, 1.807) is 31.2 Å². The first-order chi connectivity index (χ1) is 13.9. The Morgan fingerprint density at radius 3 is 2.69 bits per heavy atom. The van der Waals surface area contributed by atoms with Crippen LogP contribution in [0.2, 0.25) is 0 Å². The first-order valence-electron chi connectivity index (χ1n) is 9.18. The number of benzene rings is 2. The topological polar surface area (TPSA) is 97.4 Å². The molecule has 2 aromatic carbocycles. The maximum atomic E-state index is 12.3. The molecule has 0 aliphatic carbocycles. The summed E-state index contributed by atoms with van der Waals surface area (Å²) in [6.45, 7) is 3.48. The molecule has 3 aromatic rings. The van der Waals surface area contributed by atoms with E-state index in [1.807, 2.05) is 18.2 Å². The molecule has 0 spiro atoms. The molecule has 0 atom stereocenters. The second-order valence-corrected chi connectivity index (χ2v) is 7.38.